The number of allylic oxidation sites excluding steroid dienone is 3. The number of primary amides is 1. The molecule has 1 fully saturated rings. The fourth-order valence-corrected chi connectivity index (χ4v) is 2.80. The summed E-state index contributed by atoms with van der Waals surface area (Å²) in [4.78, 5) is 22.7. The zero-order valence-corrected chi connectivity index (χ0v) is 10.9. The number of hydrogen-bond donors (Lipinski definition) is 2. The molecule has 1 saturated heterocycles. The van der Waals surface area contributed by atoms with Gasteiger partial charge >= 0.3 is 0 Å². The Kier molecular flexibility index (Phi) is 2.69. The molecule has 18 heavy (non-hydrogen) atoms. The first-order chi connectivity index (χ1) is 8.24. The monoisotopic (exact) mass is 246 g/mol. The first-order valence-corrected chi connectivity index (χ1v) is 5.97. The maximum absolute atomic E-state index is 11.5. The Morgan fingerprint density at radius 1 is 1.50 bits per heavy atom. The SMILES string of the molecule is CC1=C[C@]2(C=CC1=O)CC(C)(C)N/C2=C/C(N)=O. The van der Waals surface area contributed by atoms with Gasteiger partial charge in [0.2, 0.25) is 5.91 Å². The molecule has 2 aliphatic rings. The summed E-state index contributed by atoms with van der Waals surface area (Å²) in [5.74, 6) is -0.463. The average molecular weight is 246 g/mol. The average Bonchev–Trinajstić information content (AvgIpc) is 2.43. The molecule has 3 N–H and O–H groups in total. The molecular formula is C14H18N2O2. The van der Waals surface area contributed by atoms with Crippen LogP contribution >= 0.6 is 0 Å². The highest BCUT2D eigenvalue weighted by Crippen LogP contribution is 2.46. The zero-order chi connectivity index (χ0) is 13.6. The van der Waals surface area contributed by atoms with E-state index in [0.29, 0.717) is 5.57 Å². The molecule has 1 aliphatic heterocycles. The highest BCUT2D eigenvalue weighted by atomic mass is 16.1. The number of hydrogen-bond acceptors (Lipinski definition) is 3. The minimum absolute atomic E-state index is 0.0174. The first kappa shape index (κ1) is 12.6. The van der Waals surface area contributed by atoms with E-state index in [2.05, 4.69) is 19.2 Å². The molecule has 1 heterocycles. The second-order valence-electron chi connectivity index (χ2n) is 5.71. The lowest BCUT2D eigenvalue weighted by Gasteiger charge is -2.26. The minimum Gasteiger partial charge on any atom is -0.382 e. The van der Waals surface area contributed by atoms with Gasteiger partial charge in [0, 0.05) is 22.7 Å². The number of amides is 1. The second-order valence-corrected chi connectivity index (χ2v) is 5.71. The standard InChI is InChI=1S/C14H18N2O2/c1-9-7-14(5-4-10(9)17)8-13(2,3)16-11(14)6-12(15)18/h4-7,16H,8H2,1-3H3,(H2,15,18)/b11-6+/t14-/m1/s1. The van der Waals surface area contributed by atoms with Gasteiger partial charge in [-0.2, -0.15) is 0 Å². The first-order valence-electron chi connectivity index (χ1n) is 5.97. The Morgan fingerprint density at radius 3 is 2.72 bits per heavy atom. The molecule has 4 heteroatoms. The molecule has 0 aromatic heterocycles. The van der Waals surface area contributed by atoms with Crippen molar-refractivity contribution in [1.29, 1.82) is 0 Å². The van der Waals surface area contributed by atoms with Gasteiger partial charge < -0.3 is 11.1 Å². The van der Waals surface area contributed by atoms with E-state index in [4.69, 9.17) is 5.73 Å². The van der Waals surface area contributed by atoms with Gasteiger partial charge in [0.1, 0.15) is 0 Å². The van der Waals surface area contributed by atoms with Crippen molar-refractivity contribution in [3.63, 3.8) is 0 Å². The van der Waals surface area contributed by atoms with Crippen LogP contribution in [0.25, 0.3) is 0 Å². The molecule has 0 unspecified atom stereocenters. The largest absolute Gasteiger partial charge is 0.382 e. The van der Waals surface area contributed by atoms with Crippen molar-refractivity contribution in [2.24, 2.45) is 11.1 Å². The lowest BCUT2D eigenvalue weighted by Crippen LogP contribution is -2.31. The number of carbonyl (C=O) groups is 2. The molecule has 2 rings (SSSR count). The number of nitrogens with two attached hydrogens (primary N) is 1. The van der Waals surface area contributed by atoms with E-state index in [1.807, 2.05) is 12.2 Å². The molecule has 1 amide bonds. The zero-order valence-electron chi connectivity index (χ0n) is 10.9. The minimum atomic E-state index is -0.481. The normalized spacial score (nSPS) is 31.6. The van der Waals surface area contributed by atoms with Gasteiger partial charge in [0.15, 0.2) is 5.78 Å². The molecule has 1 spiro atoms. The lowest BCUT2D eigenvalue weighted by atomic mass is 9.75. The summed E-state index contributed by atoms with van der Waals surface area (Å²) in [6.07, 6.45) is 7.57. The van der Waals surface area contributed by atoms with Gasteiger partial charge in [-0.1, -0.05) is 12.2 Å². The number of carbonyl (C=O) groups excluding carboxylic acids is 2. The predicted octanol–water partition coefficient (Wildman–Crippen LogP) is 1.20. The van der Waals surface area contributed by atoms with E-state index in [1.165, 1.54) is 6.08 Å². The van der Waals surface area contributed by atoms with Crippen LogP contribution in [0.2, 0.25) is 0 Å². The van der Waals surface area contributed by atoms with Gasteiger partial charge in [0.05, 0.1) is 0 Å². The summed E-state index contributed by atoms with van der Waals surface area (Å²) in [6, 6.07) is 0. The molecule has 96 valence electrons. The lowest BCUT2D eigenvalue weighted by molar-refractivity contribution is -0.113. The van der Waals surface area contributed by atoms with E-state index < -0.39 is 11.3 Å². The molecule has 0 bridgehead atoms. The molecule has 0 aromatic carbocycles. The van der Waals surface area contributed by atoms with E-state index in [-0.39, 0.29) is 11.3 Å². The Bertz CT molecular complexity index is 512. The van der Waals surface area contributed by atoms with Crippen molar-refractivity contribution in [3.8, 4) is 0 Å². The van der Waals surface area contributed by atoms with Crippen LogP contribution in [0.3, 0.4) is 0 Å². The van der Waals surface area contributed by atoms with Crippen molar-refractivity contribution < 1.29 is 9.59 Å². The highest BCUT2D eigenvalue weighted by Gasteiger charge is 2.45. The van der Waals surface area contributed by atoms with Crippen LogP contribution in [0.5, 0.6) is 0 Å². The van der Waals surface area contributed by atoms with E-state index in [1.54, 1.807) is 13.0 Å². The maximum Gasteiger partial charge on any atom is 0.243 e. The number of rotatable bonds is 1. The molecule has 0 aromatic rings. The molecule has 1 aliphatic carbocycles. The Labute approximate surface area is 107 Å². The van der Waals surface area contributed by atoms with Crippen LogP contribution in [0.15, 0.2) is 35.6 Å². The van der Waals surface area contributed by atoms with Crippen LogP contribution in [0.4, 0.5) is 0 Å². The Morgan fingerprint density at radius 2 is 2.17 bits per heavy atom. The van der Waals surface area contributed by atoms with Gasteiger partial charge in [-0.3, -0.25) is 9.59 Å². The smallest absolute Gasteiger partial charge is 0.243 e. The van der Waals surface area contributed by atoms with Crippen molar-refractivity contribution in [1.82, 2.24) is 5.32 Å². The van der Waals surface area contributed by atoms with Crippen LogP contribution in [-0.4, -0.2) is 17.2 Å². The molecule has 1 atom stereocenters. The van der Waals surface area contributed by atoms with Gasteiger partial charge in [-0.15, -0.1) is 0 Å². The molecule has 0 radical (unpaired) electrons. The number of nitrogens with one attached hydrogen (secondary N) is 1. The number of ketones is 1. The van der Waals surface area contributed by atoms with Crippen molar-refractivity contribution in [3.05, 3.63) is 35.6 Å². The summed E-state index contributed by atoms with van der Waals surface area (Å²) in [6.45, 7) is 5.91. The van der Waals surface area contributed by atoms with Crippen molar-refractivity contribution >= 4 is 11.7 Å². The van der Waals surface area contributed by atoms with Gasteiger partial charge in [0.25, 0.3) is 0 Å². The summed E-state index contributed by atoms with van der Waals surface area (Å²) in [5, 5.41) is 3.31. The third kappa shape index (κ3) is 2.10. The van der Waals surface area contributed by atoms with Gasteiger partial charge in [-0.05, 0) is 38.8 Å². The second kappa shape index (κ2) is 3.83. The van der Waals surface area contributed by atoms with E-state index in [9.17, 15) is 9.59 Å². The van der Waals surface area contributed by atoms with E-state index in [0.717, 1.165) is 12.1 Å². The topological polar surface area (TPSA) is 72.2 Å². The summed E-state index contributed by atoms with van der Waals surface area (Å²) < 4.78 is 0. The van der Waals surface area contributed by atoms with Crippen molar-refractivity contribution in [2.45, 2.75) is 32.7 Å². The fourth-order valence-electron chi connectivity index (χ4n) is 2.80. The third-order valence-corrected chi connectivity index (χ3v) is 3.39. The van der Waals surface area contributed by atoms with Crippen molar-refractivity contribution in [2.75, 3.05) is 0 Å². The quantitative estimate of drug-likeness (QED) is 0.683. The molecular weight excluding hydrogens is 228 g/mol. The molecule has 4 nitrogen and oxygen atoms in total. The van der Waals surface area contributed by atoms with E-state index >= 15 is 0 Å². The maximum atomic E-state index is 11.5. The van der Waals surface area contributed by atoms with Crippen LogP contribution in [0, 0.1) is 5.41 Å². The predicted molar refractivity (Wildman–Crippen MR) is 69.4 cm³/mol. The van der Waals surface area contributed by atoms with Gasteiger partial charge in [-0.25, -0.2) is 0 Å². The Balaban J connectivity index is 2.51. The summed E-state index contributed by atoms with van der Waals surface area (Å²) in [5.41, 5.74) is 6.17. The Hall–Kier alpha value is -1.84. The third-order valence-electron chi connectivity index (χ3n) is 3.39. The summed E-state index contributed by atoms with van der Waals surface area (Å²) >= 11 is 0. The highest BCUT2D eigenvalue weighted by molar-refractivity contribution is 6.05. The van der Waals surface area contributed by atoms with Crippen LogP contribution < -0.4 is 11.1 Å². The van der Waals surface area contributed by atoms with Crippen LogP contribution in [-0.2, 0) is 9.59 Å². The van der Waals surface area contributed by atoms with Crippen LogP contribution in [0.1, 0.15) is 27.2 Å². The summed E-state index contributed by atoms with van der Waals surface area (Å²) in [7, 11) is 0. The molecule has 0 saturated carbocycles. The fraction of sp³-hybridized carbons (Fsp3) is 0.429.